The van der Waals surface area contributed by atoms with Crippen molar-refractivity contribution < 1.29 is 19.1 Å². The molecule has 0 aliphatic rings. The predicted octanol–water partition coefficient (Wildman–Crippen LogP) is 4.51. The first-order valence-corrected chi connectivity index (χ1v) is 11.0. The summed E-state index contributed by atoms with van der Waals surface area (Å²) in [5, 5.41) is 5.59. The summed E-state index contributed by atoms with van der Waals surface area (Å²) in [4.78, 5) is 36.5. The zero-order chi connectivity index (χ0) is 23.3. The molecule has 33 heavy (non-hydrogen) atoms. The molecule has 0 aromatic heterocycles. The number of amides is 2. The highest BCUT2D eigenvalue weighted by atomic mass is 16.5. The molecule has 0 bridgehead atoms. The molecule has 6 heteroatoms. The summed E-state index contributed by atoms with van der Waals surface area (Å²) in [7, 11) is 0. The molecule has 3 aromatic rings. The molecule has 0 aliphatic heterocycles. The van der Waals surface area contributed by atoms with E-state index < -0.39 is 5.97 Å². The van der Waals surface area contributed by atoms with Crippen molar-refractivity contribution in [2.75, 3.05) is 11.9 Å². The van der Waals surface area contributed by atoms with E-state index in [4.69, 9.17) is 4.74 Å². The van der Waals surface area contributed by atoms with Crippen LogP contribution in [0.5, 0.6) is 0 Å². The van der Waals surface area contributed by atoms with Crippen molar-refractivity contribution in [3.05, 3.63) is 102 Å². The lowest BCUT2D eigenvalue weighted by Gasteiger charge is -2.09. The SMILES string of the molecule is O=C(CCC(=O)OCCCc1ccccc1)Nc1cccc(C(=O)NCc2ccccc2)c1. The molecule has 0 radical (unpaired) electrons. The van der Waals surface area contributed by atoms with E-state index >= 15 is 0 Å². The van der Waals surface area contributed by atoms with Gasteiger partial charge in [0.15, 0.2) is 0 Å². The molecule has 0 unspecified atom stereocenters. The maximum Gasteiger partial charge on any atom is 0.306 e. The zero-order valence-corrected chi connectivity index (χ0v) is 18.5. The van der Waals surface area contributed by atoms with Gasteiger partial charge in [-0.2, -0.15) is 0 Å². The molecular weight excluding hydrogens is 416 g/mol. The molecule has 0 fully saturated rings. The van der Waals surface area contributed by atoms with Gasteiger partial charge in [0.25, 0.3) is 5.91 Å². The van der Waals surface area contributed by atoms with Gasteiger partial charge in [0.2, 0.25) is 5.91 Å². The average molecular weight is 445 g/mol. The third-order valence-electron chi connectivity index (χ3n) is 4.98. The smallest absolute Gasteiger partial charge is 0.306 e. The molecule has 6 nitrogen and oxygen atoms in total. The Bertz CT molecular complexity index is 1050. The first-order valence-electron chi connectivity index (χ1n) is 11.0. The number of aryl methyl sites for hydroxylation is 1. The average Bonchev–Trinajstić information content (AvgIpc) is 2.85. The van der Waals surface area contributed by atoms with Crippen molar-refractivity contribution in [1.29, 1.82) is 0 Å². The number of nitrogens with one attached hydrogen (secondary N) is 2. The Morgan fingerprint density at radius 3 is 2.18 bits per heavy atom. The Morgan fingerprint density at radius 2 is 1.45 bits per heavy atom. The fraction of sp³-hybridized carbons (Fsp3) is 0.222. The molecule has 170 valence electrons. The highest BCUT2D eigenvalue weighted by molar-refractivity contribution is 5.97. The van der Waals surface area contributed by atoms with Crippen LogP contribution in [0.15, 0.2) is 84.9 Å². The summed E-state index contributed by atoms with van der Waals surface area (Å²) < 4.78 is 5.21. The number of carbonyl (C=O) groups is 3. The second kappa shape index (κ2) is 12.8. The number of hydrogen-bond acceptors (Lipinski definition) is 4. The number of rotatable bonds is 11. The summed E-state index contributed by atoms with van der Waals surface area (Å²) >= 11 is 0. The number of carbonyl (C=O) groups excluding carboxylic acids is 3. The molecule has 2 N–H and O–H groups in total. The maximum atomic E-state index is 12.4. The molecule has 0 aliphatic carbocycles. The van der Waals surface area contributed by atoms with Crippen LogP contribution in [0, 0.1) is 0 Å². The van der Waals surface area contributed by atoms with Crippen LogP contribution in [-0.2, 0) is 27.3 Å². The van der Waals surface area contributed by atoms with Crippen LogP contribution in [0.4, 0.5) is 5.69 Å². The van der Waals surface area contributed by atoms with Crippen molar-refractivity contribution >= 4 is 23.5 Å². The maximum absolute atomic E-state index is 12.4. The first-order chi connectivity index (χ1) is 16.1. The third kappa shape index (κ3) is 8.61. The Kier molecular flexibility index (Phi) is 9.21. The lowest BCUT2D eigenvalue weighted by molar-refractivity contribution is -0.144. The van der Waals surface area contributed by atoms with Crippen molar-refractivity contribution in [1.82, 2.24) is 5.32 Å². The Hall–Kier alpha value is -3.93. The second-order valence-corrected chi connectivity index (χ2v) is 7.61. The van der Waals surface area contributed by atoms with E-state index in [2.05, 4.69) is 10.6 Å². The van der Waals surface area contributed by atoms with Crippen molar-refractivity contribution in [3.8, 4) is 0 Å². The quantitative estimate of drug-likeness (QED) is 0.337. The van der Waals surface area contributed by atoms with Gasteiger partial charge in [-0.3, -0.25) is 14.4 Å². The number of anilines is 1. The highest BCUT2D eigenvalue weighted by Gasteiger charge is 2.10. The molecule has 0 atom stereocenters. The molecule has 0 heterocycles. The van der Waals surface area contributed by atoms with E-state index in [-0.39, 0.29) is 24.7 Å². The lowest BCUT2D eigenvalue weighted by atomic mass is 10.1. The molecule has 2 amide bonds. The van der Waals surface area contributed by atoms with Gasteiger partial charge in [0, 0.05) is 24.2 Å². The van der Waals surface area contributed by atoms with E-state index in [1.165, 1.54) is 5.56 Å². The monoisotopic (exact) mass is 444 g/mol. The molecule has 0 saturated carbocycles. The summed E-state index contributed by atoms with van der Waals surface area (Å²) in [6.07, 6.45) is 1.60. The predicted molar refractivity (Wildman–Crippen MR) is 128 cm³/mol. The van der Waals surface area contributed by atoms with E-state index in [1.807, 2.05) is 60.7 Å². The van der Waals surface area contributed by atoms with Gasteiger partial charge in [0.1, 0.15) is 0 Å². The van der Waals surface area contributed by atoms with E-state index in [1.54, 1.807) is 24.3 Å². The summed E-state index contributed by atoms with van der Waals surface area (Å²) in [6.45, 7) is 0.749. The number of hydrogen-bond donors (Lipinski definition) is 2. The Morgan fingerprint density at radius 1 is 0.758 bits per heavy atom. The highest BCUT2D eigenvalue weighted by Crippen LogP contribution is 2.12. The first kappa shape index (κ1) is 23.7. The van der Waals surface area contributed by atoms with Gasteiger partial charge < -0.3 is 15.4 Å². The molecule has 3 aromatic carbocycles. The van der Waals surface area contributed by atoms with Crippen molar-refractivity contribution in [3.63, 3.8) is 0 Å². The van der Waals surface area contributed by atoms with Crippen LogP contribution in [-0.4, -0.2) is 24.4 Å². The summed E-state index contributed by atoms with van der Waals surface area (Å²) in [5.41, 5.74) is 3.15. The van der Waals surface area contributed by atoms with Crippen molar-refractivity contribution in [2.24, 2.45) is 0 Å². The van der Waals surface area contributed by atoms with Crippen LogP contribution in [0.3, 0.4) is 0 Å². The number of benzene rings is 3. The minimum Gasteiger partial charge on any atom is -0.466 e. The van der Waals surface area contributed by atoms with Crippen LogP contribution in [0.25, 0.3) is 0 Å². The fourth-order valence-electron chi connectivity index (χ4n) is 3.24. The molecule has 0 saturated heterocycles. The van der Waals surface area contributed by atoms with E-state index in [9.17, 15) is 14.4 Å². The van der Waals surface area contributed by atoms with Crippen molar-refractivity contribution in [2.45, 2.75) is 32.2 Å². The van der Waals surface area contributed by atoms with Gasteiger partial charge >= 0.3 is 5.97 Å². The molecule has 3 rings (SSSR count). The fourth-order valence-corrected chi connectivity index (χ4v) is 3.24. The van der Waals surface area contributed by atoms with E-state index in [0.717, 1.165) is 18.4 Å². The summed E-state index contributed by atoms with van der Waals surface area (Å²) in [6, 6.07) is 26.3. The zero-order valence-electron chi connectivity index (χ0n) is 18.5. The Labute approximate surface area is 194 Å². The molecule has 0 spiro atoms. The number of ether oxygens (including phenoxy) is 1. The van der Waals surface area contributed by atoms with Gasteiger partial charge in [-0.15, -0.1) is 0 Å². The van der Waals surface area contributed by atoms with Crippen LogP contribution in [0.2, 0.25) is 0 Å². The second-order valence-electron chi connectivity index (χ2n) is 7.61. The van der Waals surface area contributed by atoms with Crippen LogP contribution >= 0.6 is 0 Å². The van der Waals surface area contributed by atoms with Gasteiger partial charge in [-0.05, 0) is 42.2 Å². The standard InChI is InChI=1S/C27H28N2O4/c30-25(16-17-26(31)33-18-8-13-21-9-3-1-4-10-21)29-24-15-7-14-23(19-24)27(32)28-20-22-11-5-2-6-12-22/h1-7,9-12,14-15,19H,8,13,16-18,20H2,(H,28,32)(H,29,30). The normalized spacial score (nSPS) is 10.3. The minimum atomic E-state index is -0.396. The Balaban J connectivity index is 1.36. The van der Waals surface area contributed by atoms with Crippen LogP contribution < -0.4 is 10.6 Å². The minimum absolute atomic E-state index is 0.00836. The van der Waals surface area contributed by atoms with Gasteiger partial charge in [0.05, 0.1) is 13.0 Å². The topological polar surface area (TPSA) is 84.5 Å². The lowest BCUT2D eigenvalue weighted by Crippen LogP contribution is -2.23. The van der Waals surface area contributed by atoms with Gasteiger partial charge in [-0.25, -0.2) is 0 Å². The molecular formula is C27H28N2O4. The largest absolute Gasteiger partial charge is 0.466 e. The number of esters is 1. The van der Waals surface area contributed by atoms with Gasteiger partial charge in [-0.1, -0.05) is 66.7 Å². The van der Waals surface area contributed by atoms with Crippen LogP contribution in [0.1, 0.15) is 40.7 Å². The van der Waals surface area contributed by atoms with E-state index in [0.29, 0.717) is 24.4 Å². The third-order valence-corrected chi connectivity index (χ3v) is 4.98. The summed E-state index contributed by atoms with van der Waals surface area (Å²) in [5.74, 6) is -0.931.